The Hall–Kier alpha value is -3.30. The Balaban J connectivity index is 1.03. The number of hydrogen-bond donors (Lipinski definition) is 1. The molecule has 4 aliphatic rings. The fraction of sp³-hybridized carbons (Fsp3) is 0.471. The second kappa shape index (κ2) is 9.86. The van der Waals surface area contributed by atoms with E-state index in [4.69, 9.17) is 4.42 Å². The average Bonchev–Trinajstić information content (AvgIpc) is 3.68. The number of benzene rings is 1. The lowest BCUT2D eigenvalue weighted by Crippen LogP contribution is -2.57. The number of aromatic nitrogens is 4. The van der Waals surface area contributed by atoms with Crippen LogP contribution in [0, 0.1) is 40.3 Å². The minimum atomic E-state index is -0.474. The van der Waals surface area contributed by atoms with Crippen LogP contribution in [-0.2, 0) is 11.2 Å². The summed E-state index contributed by atoms with van der Waals surface area (Å²) in [6.45, 7) is 4.60. The molecule has 0 bridgehead atoms. The number of Topliss-reactive ketones (excluding diaryl/α,β-unsaturated/α-hetero) is 1. The number of nitrogens with zero attached hydrogens (tertiary/aromatic N) is 4. The SMILES string of the molecule is CC12Cc3cnn(-c4ccc(F)cc4)c3C=C1CCC1C2C(O)CC2(C)C(C(=O)CSc3nc4ncccc4o3)CCC12. The minimum absolute atomic E-state index is 0.0697. The summed E-state index contributed by atoms with van der Waals surface area (Å²) in [6.07, 6.45) is 10.8. The number of aliphatic hydroxyl groups excluding tert-OH is 1. The molecule has 222 valence electrons. The van der Waals surface area contributed by atoms with Crippen molar-refractivity contribution in [2.45, 2.75) is 63.7 Å². The molecule has 7 atom stereocenters. The Morgan fingerprint density at radius 1 is 1.19 bits per heavy atom. The van der Waals surface area contributed by atoms with E-state index in [-0.39, 0.29) is 34.3 Å². The van der Waals surface area contributed by atoms with Gasteiger partial charge in [-0.1, -0.05) is 31.2 Å². The van der Waals surface area contributed by atoms with Crippen LogP contribution < -0.4 is 0 Å². The van der Waals surface area contributed by atoms with Crippen molar-refractivity contribution in [1.29, 1.82) is 0 Å². The molecule has 3 heterocycles. The maximum Gasteiger partial charge on any atom is 0.258 e. The number of aliphatic hydroxyl groups is 1. The number of pyridine rings is 1. The van der Waals surface area contributed by atoms with Crippen LogP contribution >= 0.6 is 11.8 Å². The molecule has 0 radical (unpaired) electrons. The van der Waals surface area contributed by atoms with E-state index >= 15 is 0 Å². The largest absolute Gasteiger partial charge is 0.430 e. The summed E-state index contributed by atoms with van der Waals surface area (Å²) in [6, 6.07) is 10.1. The van der Waals surface area contributed by atoms with Crippen LogP contribution in [0.5, 0.6) is 0 Å². The van der Waals surface area contributed by atoms with E-state index < -0.39 is 6.10 Å². The van der Waals surface area contributed by atoms with Crippen LogP contribution in [-0.4, -0.2) is 42.5 Å². The Bertz CT molecular complexity index is 1730. The first-order valence-electron chi connectivity index (χ1n) is 15.3. The molecule has 4 aromatic rings. The molecule has 7 nitrogen and oxygen atoms in total. The van der Waals surface area contributed by atoms with Crippen LogP contribution in [0.25, 0.3) is 23.0 Å². The number of carbonyl (C=O) groups is 1. The summed E-state index contributed by atoms with van der Waals surface area (Å²) in [7, 11) is 0. The predicted molar refractivity (Wildman–Crippen MR) is 162 cm³/mol. The highest BCUT2D eigenvalue weighted by molar-refractivity contribution is 7.99. The quantitative estimate of drug-likeness (QED) is 0.256. The van der Waals surface area contributed by atoms with E-state index in [1.54, 1.807) is 18.3 Å². The number of rotatable bonds is 5. The van der Waals surface area contributed by atoms with Gasteiger partial charge in [0.1, 0.15) is 11.6 Å². The van der Waals surface area contributed by atoms with Crippen molar-refractivity contribution < 1.29 is 18.7 Å². The monoisotopic (exact) mass is 598 g/mol. The lowest BCUT2D eigenvalue weighted by molar-refractivity contribution is -0.140. The van der Waals surface area contributed by atoms with Crippen molar-refractivity contribution in [3.63, 3.8) is 0 Å². The molecule has 43 heavy (non-hydrogen) atoms. The number of fused-ring (bicyclic) bond motifs is 7. The van der Waals surface area contributed by atoms with Gasteiger partial charge in [0.25, 0.3) is 5.22 Å². The zero-order valence-electron chi connectivity index (χ0n) is 24.4. The summed E-state index contributed by atoms with van der Waals surface area (Å²) in [5, 5.41) is 17.1. The number of allylic oxidation sites excluding steroid dienone is 1. The van der Waals surface area contributed by atoms with Crippen molar-refractivity contribution in [1.82, 2.24) is 19.7 Å². The van der Waals surface area contributed by atoms with Crippen LogP contribution in [0.1, 0.15) is 57.2 Å². The summed E-state index contributed by atoms with van der Waals surface area (Å²) in [4.78, 5) is 22.4. The first-order chi connectivity index (χ1) is 20.7. The third kappa shape index (κ3) is 4.18. The number of halogens is 1. The van der Waals surface area contributed by atoms with Crippen molar-refractivity contribution in [2.24, 2.45) is 34.5 Å². The van der Waals surface area contributed by atoms with Gasteiger partial charge in [-0.05, 0) is 115 Å². The van der Waals surface area contributed by atoms with Crippen molar-refractivity contribution >= 4 is 34.9 Å². The van der Waals surface area contributed by atoms with E-state index in [0.717, 1.165) is 43.5 Å². The van der Waals surface area contributed by atoms with E-state index in [2.05, 4.69) is 35.0 Å². The van der Waals surface area contributed by atoms with Gasteiger partial charge in [0.2, 0.25) is 0 Å². The first kappa shape index (κ1) is 27.3. The molecule has 8 rings (SSSR count). The molecular weight excluding hydrogens is 563 g/mol. The summed E-state index contributed by atoms with van der Waals surface area (Å²) < 4.78 is 21.3. The third-order valence-electron chi connectivity index (χ3n) is 11.4. The van der Waals surface area contributed by atoms with Gasteiger partial charge in [-0.2, -0.15) is 10.1 Å². The molecule has 9 heteroatoms. The van der Waals surface area contributed by atoms with Gasteiger partial charge in [0, 0.05) is 12.1 Å². The van der Waals surface area contributed by atoms with Crippen molar-refractivity contribution in [3.05, 3.63) is 71.4 Å². The Morgan fingerprint density at radius 3 is 2.84 bits per heavy atom. The molecule has 1 N–H and O–H groups in total. The summed E-state index contributed by atoms with van der Waals surface area (Å²) >= 11 is 1.35. The summed E-state index contributed by atoms with van der Waals surface area (Å²) in [5.74, 6) is 1.14. The topological polar surface area (TPSA) is 94.0 Å². The molecule has 4 aliphatic carbocycles. The van der Waals surface area contributed by atoms with E-state index in [1.165, 1.54) is 35.0 Å². The number of ketones is 1. The minimum Gasteiger partial charge on any atom is -0.430 e. The van der Waals surface area contributed by atoms with Crippen molar-refractivity contribution in [2.75, 3.05) is 5.75 Å². The van der Waals surface area contributed by atoms with E-state index in [9.17, 15) is 14.3 Å². The third-order valence-corrected chi connectivity index (χ3v) is 12.2. The second-order valence-corrected chi connectivity index (χ2v) is 14.4. The van der Waals surface area contributed by atoms with Gasteiger partial charge in [-0.15, -0.1) is 0 Å². The molecule has 3 aromatic heterocycles. The maximum absolute atomic E-state index is 13.7. The van der Waals surface area contributed by atoms with Gasteiger partial charge >= 0.3 is 0 Å². The van der Waals surface area contributed by atoms with Crippen LogP contribution in [0.2, 0.25) is 0 Å². The van der Waals surface area contributed by atoms with E-state index in [1.807, 2.05) is 23.0 Å². The highest BCUT2D eigenvalue weighted by atomic mass is 32.2. The molecule has 0 spiro atoms. The molecule has 1 aromatic carbocycles. The highest BCUT2D eigenvalue weighted by Crippen LogP contribution is 2.66. The number of oxazole rings is 1. The average molecular weight is 599 g/mol. The molecular formula is C34H35FN4O3S. The lowest BCUT2D eigenvalue weighted by atomic mass is 9.46. The molecule has 7 unspecified atom stereocenters. The Labute approximate surface area is 254 Å². The fourth-order valence-corrected chi connectivity index (χ4v) is 10.3. The smallest absolute Gasteiger partial charge is 0.258 e. The van der Waals surface area contributed by atoms with Crippen LogP contribution in [0.3, 0.4) is 0 Å². The van der Waals surface area contributed by atoms with Gasteiger partial charge in [0.15, 0.2) is 11.2 Å². The van der Waals surface area contributed by atoms with Crippen LogP contribution in [0.4, 0.5) is 4.39 Å². The molecule has 3 saturated carbocycles. The molecule has 0 amide bonds. The second-order valence-electron chi connectivity index (χ2n) is 13.5. The maximum atomic E-state index is 13.7. The Morgan fingerprint density at radius 2 is 2.02 bits per heavy atom. The fourth-order valence-electron chi connectivity index (χ4n) is 9.55. The molecule has 3 fully saturated rings. The summed E-state index contributed by atoms with van der Waals surface area (Å²) in [5.41, 5.74) is 5.26. The van der Waals surface area contributed by atoms with E-state index in [0.29, 0.717) is 40.5 Å². The Kier molecular flexibility index (Phi) is 6.25. The normalized spacial score (nSPS) is 32.9. The highest BCUT2D eigenvalue weighted by Gasteiger charge is 2.63. The zero-order chi connectivity index (χ0) is 29.5. The molecule has 0 aliphatic heterocycles. The first-order valence-corrected chi connectivity index (χ1v) is 16.3. The van der Waals surface area contributed by atoms with Crippen LogP contribution in [0.15, 0.2) is 64.0 Å². The van der Waals surface area contributed by atoms with Gasteiger partial charge < -0.3 is 9.52 Å². The number of hydrogen-bond acceptors (Lipinski definition) is 7. The zero-order valence-corrected chi connectivity index (χ0v) is 25.2. The standard InChI is InChI=1S/C34H35FN4O3S/c1-33-15-19-17-37-39(22-8-6-21(35)7-9-22)26(19)14-20(33)5-10-23-24-11-12-25(34(24,2)16-27(40)30(23)33)28(41)18-43-32-38-31-29(42-32)4-3-13-36-31/h3-4,6-9,13-14,17,23-25,27,30,40H,5,10-12,15-16,18H2,1-2H3. The predicted octanol–water partition coefficient (Wildman–Crippen LogP) is 6.68. The van der Waals surface area contributed by atoms with Crippen molar-refractivity contribution in [3.8, 4) is 5.69 Å². The van der Waals surface area contributed by atoms with Gasteiger partial charge in [-0.3, -0.25) is 4.79 Å². The lowest BCUT2D eigenvalue weighted by Gasteiger charge is -2.59. The molecule has 0 saturated heterocycles. The van der Waals surface area contributed by atoms with Gasteiger partial charge in [-0.25, -0.2) is 14.1 Å². The number of thioether (sulfide) groups is 1. The number of carbonyl (C=O) groups excluding carboxylic acids is 1. The van der Waals surface area contributed by atoms with Gasteiger partial charge in [0.05, 0.1) is 29.4 Å².